The molecule has 2 aromatic rings. The van der Waals surface area contributed by atoms with Gasteiger partial charge in [0, 0.05) is 5.56 Å². The fourth-order valence-corrected chi connectivity index (χ4v) is 2.22. The second-order valence-electron chi connectivity index (χ2n) is 4.37. The van der Waals surface area contributed by atoms with Crippen LogP contribution in [0.1, 0.15) is 11.6 Å². The molecule has 0 unspecified atom stereocenters. The summed E-state index contributed by atoms with van der Waals surface area (Å²) < 4.78 is 29.1. The second-order valence-corrected chi connectivity index (χ2v) is 4.37. The van der Waals surface area contributed by atoms with Crippen molar-refractivity contribution in [2.45, 2.75) is 6.04 Å². The van der Waals surface area contributed by atoms with Crippen LogP contribution in [0.2, 0.25) is 0 Å². The van der Waals surface area contributed by atoms with E-state index in [0.717, 1.165) is 0 Å². The number of methoxy groups -OCH3 is 2. The number of hydrogen-bond donors (Lipinski definition) is 1. The van der Waals surface area contributed by atoms with Gasteiger partial charge >= 0.3 is 6.09 Å². The summed E-state index contributed by atoms with van der Waals surface area (Å²) in [5, 5.41) is 2.53. The predicted molar refractivity (Wildman–Crippen MR) is 69.8 cm³/mol. The Morgan fingerprint density at radius 2 is 2.00 bits per heavy atom. The number of ether oxygens (including phenoxy) is 3. The fourth-order valence-electron chi connectivity index (χ4n) is 2.22. The summed E-state index contributed by atoms with van der Waals surface area (Å²) in [6.45, 7) is 0.0326. The Balaban J connectivity index is 2.22. The van der Waals surface area contributed by atoms with Crippen LogP contribution < -0.4 is 14.8 Å². The maximum absolute atomic E-state index is 14.2. The van der Waals surface area contributed by atoms with Crippen LogP contribution in [0.4, 0.5) is 9.18 Å². The van der Waals surface area contributed by atoms with Gasteiger partial charge in [0.05, 0.1) is 25.8 Å². The number of amides is 1. The van der Waals surface area contributed by atoms with Crippen molar-refractivity contribution < 1.29 is 23.4 Å². The molecule has 1 aliphatic heterocycles. The van der Waals surface area contributed by atoms with Crippen molar-refractivity contribution in [3.63, 3.8) is 0 Å². The lowest BCUT2D eigenvalue weighted by molar-refractivity contribution is 0.177. The number of nitrogens with zero attached hydrogens (tertiary/aromatic N) is 2. The highest BCUT2D eigenvalue weighted by Crippen LogP contribution is 2.32. The third kappa shape index (κ3) is 2.18. The second kappa shape index (κ2) is 5.04. The minimum atomic E-state index is -0.617. The predicted octanol–water partition coefficient (Wildman–Crippen LogP) is 1.57. The van der Waals surface area contributed by atoms with Gasteiger partial charge in [0.1, 0.15) is 17.9 Å². The summed E-state index contributed by atoms with van der Waals surface area (Å²) in [5.74, 6) is -0.156. The zero-order chi connectivity index (χ0) is 15.0. The molecular weight excluding hydrogens is 281 g/mol. The first-order valence-corrected chi connectivity index (χ1v) is 6.15. The minimum Gasteiger partial charge on any atom is -0.477 e. The van der Waals surface area contributed by atoms with Gasteiger partial charge in [-0.2, -0.15) is 0 Å². The van der Waals surface area contributed by atoms with Crippen molar-refractivity contribution >= 4 is 17.1 Å². The van der Waals surface area contributed by atoms with E-state index in [1.54, 1.807) is 0 Å². The van der Waals surface area contributed by atoms with E-state index >= 15 is 0 Å². The maximum Gasteiger partial charge on any atom is 0.407 e. The molecule has 1 atom stereocenters. The van der Waals surface area contributed by atoms with Gasteiger partial charge < -0.3 is 19.5 Å². The molecule has 1 N–H and O–H groups in total. The minimum absolute atomic E-state index is 0.0326. The molecule has 0 saturated carbocycles. The molecule has 7 nitrogen and oxygen atoms in total. The number of halogens is 1. The topological polar surface area (TPSA) is 82.6 Å². The average Bonchev–Trinajstić information content (AvgIpc) is 2.91. The number of rotatable bonds is 3. The van der Waals surface area contributed by atoms with Gasteiger partial charge in [0.25, 0.3) is 11.8 Å². The number of aromatic nitrogens is 2. The smallest absolute Gasteiger partial charge is 0.407 e. The van der Waals surface area contributed by atoms with Crippen LogP contribution in [-0.2, 0) is 4.74 Å². The first kappa shape index (κ1) is 13.3. The third-order valence-corrected chi connectivity index (χ3v) is 3.17. The highest BCUT2D eigenvalue weighted by molar-refractivity contribution is 5.81. The van der Waals surface area contributed by atoms with Gasteiger partial charge in [-0.25, -0.2) is 19.2 Å². The monoisotopic (exact) mass is 293 g/mol. The van der Waals surface area contributed by atoms with Crippen LogP contribution in [-0.4, -0.2) is 36.9 Å². The number of cyclic esters (lactones) is 1. The lowest BCUT2D eigenvalue weighted by Gasteiger charge is -2.13. The van der Waals surface area contributed by atoms with Crippen LogP contribution in [0, 0.1) is 5.82 Å². The molecule has 1 aromatic carbocycles. The van der Waals surface area contributed by atoms with Crippen molar-refractivity contribution in [1.82, 2.24) is 15.3 Å². The van der Waals surface area contributed by atoms with Gasteiger partial charge in [-0.15, -0.1) is 0 Å². The Morgan fingerprint density at radius 3 is 2.62 bits per heavy atom. The average molecular weight is 293 g/mol. The zero-order valence-corrected chi connectivity index (χ0v) is 11.3. The van der Waals surface area contributed by atoms with E-state index in [1.807, 2.05) is 0 Å². The van der Waals surface area contributed by atoms with Crippen LogP contribution in [0.3, 0.4) is 0 Å². The molecule has 8 heteroatoms. The highest BCUT2D eigenvalue weighted by Gasteiger charge is 2.29. The molecule has 0 radical (unpaired) electrons. The van der Waals surface area contributed by atoms with Crippen molar-refractivity contribution in [3.8, 4) is 11.8 Å². The zero-order valence-electron chi connectivity index (χ0n) is 11.3. The van der Waals surface area contributed by atoms with Gasteiger partial charge in [-0.1, -0.05) is 0 Å². The standard InChI is InChI=1S/C13H12FN3O4/c1-19-11-12(20-2)17-10-7(15-11)4-3-6(14)9(10)8-5-21-13(18)16-8/h3-4,8H,5H2,1-2H3,(H,16,18)/t8-/m0/s1. The molecular formula is C13H12FN3O4. The van der Waals surface area contributed by atoms with Crippen molar-refractivity contribution in [2.24, 2.45) is 0 Å². The first-order valence-electron chi connectivity index (χ1n) is 6.15. The Labute approximate surface area is 119 Å². The Bertz CT molecular complexity index is 722. The van der Waals surface area contributed by atoms with E-state index in [2.05, 4.69) is 15.3 Å². The summed E-state index contributed by atoms with van der Waals surface area (Å²) in [7, 11) is 2.85. The third-order valence-electron chi connectivity index (χ3n) is 3.17. The van der Waals surface area contributed by atoms with E-state index in [0.29, 0.717) is 11.0 Å². The molecule has 1 aliphatic rings. The normalized spacial score (nSPS) is 17.5. The largest absolute Gasteiger partial charge is 0.477 e. The quantitative estimate of drug-likeness (QED) is 0.925. The summed E-state index contributed by atoms with van der Waals surface area (Å²) in [5.41, 5.74) is 0.945. The molecule has 0 spiro atoms. The van der Waals surface area contributed by atoms with Crippen molar-refractivity contribution in [1.29, 1.82) is 0 Å². The van der Waals surface area contributed by atoms with Crippen molar-refractivity contribution in [3.05, 3.63) is 23.5 Å². The lowest BCUT2D eigenvalue weighted by Crippen LogP contribution is -2.20. The molecule has 2 heterocycles. The van der Waals surface area contributed by atoms with E-state index in [-0.39, 0.29) is 23.9 Å². The maximum atomic E-state index is 14.2. The highest BCUT2D eigenvalue weighted by atomic mass is 19.1. The molecule has 3 rings (SSSR count). The number of benzene rings is 1. The molecule has 1 amide bonds. The SMILES string of the molecule is COc1nc2ccc(F)c([C@@H]3COC(=O)N3)c2nc1OC. The number of fused-ring (bicyclic) bond motifs is 1. The van der Waals surface area contributed by atoms with Crippen LogP contribution >= 0.6 is 0 Å². The number of alkyl carbamates (subject to hydrolysis) is 1. The van der Waals surface area contributed by atoms with Crippen LogP contribution in [0.15, 0.2) is 12.1 Å². The van der Waals surface area contributed by atoms with Crippen molar-refractivity contribution in [2.75, 3.05) is 20.8 Å². The molecule has 21 heavy (non-hydrogen) atoms. The van der Waals surface area contributed by atoms with E-state index in [1.165, 1.54) is 26.4 Å². The van der Waals surface area contributed by atoms with Gasteiger partial charge in [-0.05, 0) is 12.1 Å². The molecule has 0 bridgehead atoms. The summed E-state index contributed by atoms with van der Waals surface area (Å²) in [6, 6.07) is 2.14. The number of nitrogens with one attached hydrogen (secondary N) is 1. The van der Waals surface area contributed by atoms with E-state index in [4.69, 9.17) is 14.2 Å². The Hall–Kier alpha value is -2.64. The van der Waals surface area contributed by atoms with E-state index < -0.39 is 18.0 Å². The van der Waals surface area contributed by atoms with Gasteiger partial charge in [0.2, 0.25) is 0 Å². The number of carbonyl (C=O) groups is 1. The summed E-state index contributed by atoms with van der Waals surface area (Å²) in [4.78, 5) is 19.6. The van der Waals surface area contributed by atoms with E-state index in [9.17, 15) is 9.18 Å². The molecule has 110 valence electrons. The Morgan fingerprint density at radius 1 is 1.29 bits per heavy atom. The molecule has 0 aliphatic carbocycles. The number of carbonyl (C=O) groups excluding carboxylic acids is 1. The fraction of sp³-hybridized carbons (Fsp3) is 0.308. The summed E-state index contributed by atoms with van der Waals surface area (Å²) in [6.07, 6.45) is -0.593. The number of hydrogen-bond acceptors (Lipinski definition) is 6. The lowest BCUT2D eigenvalue weighted by atomic mass is 10.1. The molecule has 1 fully saturated rings. The van der Waals surface area contributed by atoms with Crippen LogP contribution in [0.5, 0.6) is 11.8 Å². The Kier molecular flexibility index (Phi) is 3.20. The summed E-state index contributed by atoms with van der Waals surface area (Å²) >= 11 is 0. The van der Waals surface area contributed by atoms with Crippen LogP contribution in [0.25, 0.3) is 11.0 Å². The first-order chi connectivity index (χ1) is 10.1. The van der Waals surface area contributed by atoms with Gasteiger partial charge in [0.15, 0.2) is 0 Å². The molecule has 1 saturated heterocycles. The van der Waals surface area contributed by atoms with Gasteiger partial charge in [-0.3, -0.25) is 0 Å². The molecule has 1 aromatic heterocycles.